The average Bonchev–Trinajstić information content (AvgIpc) is 2.94. The maximum absolute atomic E-state index is 6.40. The largest absolute Gasteiger partial charge is 0.456 e. The van der Waals surface area contributed by atoms with Crippen LogP contribution in [-0.2, 0) is 5.41 Å². The summed E-state index contributed by atoms with van der Waals surface area (Å²) >= 11 is 8.05. The minimum absolute atomic E-state index is 0.148. The van der Waals surface area contributed by atoms with Gasteiger partial charge in [-0.1, -0.05) is 49.7 Å². The highest BCUT2D eigenvalue weighted by Crippen LogP contribution is 2.53. The number of hydrogen-bond acceptors (Lipinski definition) is 2. The first kappa shape index (κ1) is 14.3. The molecule has 0 saturated heterocycles. The summed E-state index contributed by atoms with van der Waals surface area (Å²) in [6, 6.07) is 18.9. The van der Waals surface area contributed by atoms with Crippen molar-refractivity contribution < 1.29 is 4.74 Å². The van der Waals surface area contributed by atoms with Crippen LogP contribution in [0, 0.1) is 0 Å². The Labute approximate surface area is 149 Å². The quantitative estimate of drug-likeness (QED) is 0.327. The molecule has 3 heteroatoms. The molecule has 118 valence electrons. The van der Waals surface area contributed by atoms with Gasteiger partial charge in [0.1, 0.15) is 11.5 Å². The Hall–Kier alpha value is -2.03. The lowest BCUT2D eigenvalue weighted by Crippen LogP contribution is -2.24. The van der Waals surface area contributed by atoms with E-state index in [1.165, 1.54) is 25.7 Å². The van der Waals surface area contributed by atoms with E-state index in [4.69, 9.17) is 16.3 Å². The molecule has 5 rings (SSSR count). The molecule has 0 N–H and O–H groups in total. The summed E-state index contributed by atoms with van der Waals surface area (Å²) in [6.07, 6.45) is 0. The van der Waals surface area contributed by atoms with Gasteiger partial charge in [-0.15, -0.1) is 11.3 Å². The molecule has 1 aromatic heterocycles. The lowest BCUT2D eigenvalue weighted by atomic mass is 9.75. The summed E-state index contributed by atoms with van der Waals surface area (Å²) < 4.78 is 8.96. The SMILES string of the molecule is CC1(C)c2cc(Cl)ccc2Oc2c1ccc1sc3ccccc3c21. The van der Waals surface area contributed by atoms with Crippen molar-refractivity contribution in [2.24, 2.45) is 0 Å². The minimum Gasteiger partial charge on any atom is -0.456 e. The fraction of sp³-hybridized carbons (Fsp3) is 0.143. The normalized spacial score (nSPS) is 15.1. The van der Waals surface area contributed by atoms with E-state index >= 15 is 0 Å². The van der Waals surface area contributed by atoms with Crippen LogP contribution in [0.15, 0.2) is 54.6 Å². The van der Waals surface area contributed by atoms with Crippen LogP contribution in [0.4, 0.5) is 0 Å². The number of fused-ring (bicyclic) bond motifs is 6. The second kappa shape index (κ2) is 4.75. The predicted octanol–water partition coefficient (Wildman–Crippen LogP) is 7.14. The van der Waals surface area contributed by atoms with Crippen LogP contribution >= 0.6 is 22.9 Å². The molecule has 0 spiro atoms. The summed E-state index contributed by atoms with van der Waals surface area (Å²) in [5.41, 5.74) is 2.21. The van der Waals surface area contributed by atoms with Gasteiger partial charge in [0.2, 0.25) is 0 Å². The molecule has 0 amide bonds. The van der Waals surface area contributed by atoms with Crippen molar-refractivity contribution in [3.63, 3.8) is 0 Å². The Kier molecular flexibility index (Phi) is 2.83. The monoisotopic (exact) mass is 350 g/mol. The van der Waals surface area contributed by atoms with Crippen molar-refractivity contribution in [1.29, 1.82) is 0 Å². The number of thiophene rings is 1. The van der Waals surface area contributed by atoms with E-state index in [1.807, 2.05) is 29.5 Å². The molecule has 3 aromatic carbocycles. The third-order valence-electron chi connectivity index (χ3n) is 5.00. The van der Waals surface area contributed by atoms with Crippen LogP contribution < -0.4 is 4.74 Å². The lowest BCUT2D eigenvalue weighted by Gasteiger charge is -2.35. The number of benzene rings is 3. The molecule has 1 nitrogen and oxygen atoms in total. The van der Waals surface area contributed by atoms with Crippen LogP contribution in [0.1, 0.15) is 25.0 Å². The highest BCUT2D eigenvalue weighted by atomic mass is 35.5. The molecular weight excluding hydrogens is 336 g/mol. The van der Waals surface area contributed by atoms with Crippen LogP contribution in [0.5, 0.6) is 11.5 Å². The summed E-state index contributed by atoms with van der Waals surface area (Å²) in [6.45, 7) is 4.48. The summed E-state index contributed by atoms with van der Waals surface area (Å²) in [5.74, 6) is 1.89. The van der Waals surface area contributed by atoms with Gasteiger partial charge in [0.05, 0.1) is 0 Å². The fourth-order valence-electron chi connectivity index (χ4n) is 3.72. The number of ether oxygens (including phenoxy) is 1. The molecule has 24 heavy (non-hydrogen) atoms. The highest BCUT2D eigenvalue weighted by Gasteiger charge is 2.35. The Bertz CT molecular complexity index is 1120. The van der Waals surface area contributed by atoms with Crippen molar-refractivity contribution in [1.82, 2.24) is 0 Å². The van der Waals surface area contributed by atoms with Gasteiger partial charge in [-0.3, -0.25) is 0 Å². The molecule has 0 fully saturated rings. The molecular formula is C21H15ClOS. The fourth-order valence-corrected chi connectivity index (χ4v) is 4.99. The van der Waals surface area contributed by atoms with E-state index in [0.717, 1.165) is 22.1 Å². The third-order valence-corrected chi connectivity index (χ3v) is 6.37. The zero-order chi connectivity index (χ0) is 16.5. The van der Waals surface area contributed by atoms with Gasteiger partial charge >= 0.3 is 0 Å². The first-order chi connectivity index (χ1) is 11.6. The maximum Gasteiger partial charge on any atom is 0.140 e. The number of hydrogen-bond donors (Lipinski definition) is 0. The third kappa shape index (κ3) is 1.81. The first-order valence-electron chi connectivity index (χ1n) is 7.98. The van der Waals surface area contributed by atoms with Crippen LogP contribution in [-0.4, -0.2) is 0 Å². The van der Waals surface area contributed by atoms with Gasteiger partial charge in [0.15, 0.2) is 0 Å². The second-order valence-electron chi connectivity index (χ2n) is 6.78. The Morgan fingerprint density at radius 1 is 0.917 bits per heavy atom. The van der Waals surface area contributed by atoms with E-state index < -0.39 is 0 Å². The van der Waals surface area contributed by atoms with Gasteiger partial charge in [-0.05, 0) is 30.3 Å². The molecule has 2 heterocycles. The van der Waals surface area contributed by atoms with Gasteiger partial charge in [0.25, 0.3) is 0 Å². The van der Waals surface area contributed by atoms with E-state index in [0.29, 0.717) is 0 Å². The first-order valence-corrected chi connectivity index (χ1v) is 9.18. The Balaban J connectivity index is 1.90. The van der Waals surface area contributed by atoms with Crippen LogP contribution in [0.3, 0.4) is 0 Å². The second-order valence-corrected chi connectivity index (χ2v) is 8.30. The Morgan fingerprint density at radius 2 is 1.75 bits per heavy atom. The summed E-state index contributed by atoms with van der Waals surface area (Å²) in [4.78, 5) is 0. The molecule has 0 unspecified atom stereocenters. The molecule has 0 aliphatic carbocycles. The lowest BCUT2D eigenvalue weighted by molar-refractivity contribution is 0.423. The predicted molar refractivity (Wildman–Crippen MR) is 103 cm³/mol. The topological polar surface area (TPSA) is 9.23 Å². The van der Waals surface area contributed by atoms with Gasteiger partial charge in [-0.25, -0.2) is 0 Å². The van der Waals surface area contributed by atoms with E-state index in [9.17, 15) is 0 Å². The zero-order valence-corrected chi connectivity index (χ0v) is 15.0. The zero-order valence-electron chi connectivity index (χ0n) is 13.4. The van der Waals surface area contributed by atoms with Crippen LogP contribution in [0.2, 0.25) is 5.02 Å². The number of halogens is 1. The van der Waals surface area contributed by atoms with E-state index in [1.54, 1.807) is 0 Å². The van der Waals surface area contributed by atoms with Crippen molar-refractivity contribution in [3.05, 3.63) is 70.7 Å². The molecule has 4 aromatic rings. The number of rotatable bonds is 0. The minimum atomic E-state index is -0.148. The van der Waals surface area contributed by atoms with Crippen molar-refractivity contribution in [2.45, 2.75) is 19.3 Å². The summed E-state index contributed by atoms with van der Waals surface area (Å²) in [7, 11) is 0. The molecule has 1 aliphatic heterocycles. The standard InChI is InChI=1S/C21H15ClOS/c1-21(2)14-8-10-18-19(13-5-3-4-6-17(13)24-18)20(14)23-16-9-7-12(22)11-15(16)21/h3-11H,1-2H3. The highest BCUT2D eigenvalue weighted by molar-refractivity contribution is 7.25. The van der Waals surface area contributed by atoms with Gasteiger partial charge in [-0.2, -0.15) is 0 Å². The van der Waals surface area contributed by atoms with E-state index in [2.05, 4.69) is 50.2 Å². The molecule has 0 bridgehead atoms. The van der Waals surface area contributed by atoms with Crippen LogP contribution in [0.25, 0.3) is 20.2 Å². The summed E-state index contributed by atoms with van der Waals surface area (Å²) in [5, 5.41) is 3.24. The molecule has 1 aliphatic rings. The van der Waals surface area contributed by atoms with Gasteiger partial charge < -0.3 is 4.74 Å². The maximum atomic E-state index is 6.40. The van der Waals surface area contributed by atoms with Crippen molar-refractivity contribution in [3.8, 4) is 11.5 Å². The molecule has 0 saturated carbocycles. The molecule has 0 atom stereocenters. The van der Waals surface area contributed by atoms with Crippen molar-refractivity contribution in [2.75, 3.05) is 0 Å². The average molecular weight is 351 g/mol. The van der Waals surface area contributed by atoms with Crippen molar-refractivity contribution >= 4 is 43.1 Å². The smallest absolute Gasteiger partial charge is 0.140 e. The van der Waals surface area contributed by atoms with Gasteiger partial charge in [0, 0.05) is 41.7 Å². The van der Waals surface area contributed by atoms with E-state index in [-0.39, 0.29) is 5.41 Å². The molecule has 0 radical (unpaired) electrons. The Morgan fingerprint density at radius 3 is 2.62 bits per heavy atom.